The number of nitrogens with one attached hydrogen (secondary N) is 1. The lowest BCUT2D eigenvalue weighted by atomic mass is 9.95. The molecule has 0 saturated carbocycles. The van der Waals surface area contributed by atoms with E-state index in [0.29, 0.717) is 5.56 Å². The van der Waals surface area contributed by atoms with Crippen molar-refractivity contribution in [1.29, 1.82) is 0 Å². The van der Waals surface area contributed by atoms with Crippen LogP contribution in [0.4, 0.5) is 4.39 Å². The summed E-state index contributed by atoms with van der Waals surface area (Å²) >= 11 is 0. The number of amides is 1. The Kier molecular flexibility index (Phi) is 5.72. The summed E-state index contributed by atoms with van der Waals surface area (Å²) < 4.78 is 13.8. The molecular formula is C16H21FN2O. The van der Waals surface area contributed by atoms with Crippen molar-refractivity contribution in [1.82, 2.24) is 5.32 Å². The summed E-state index contributed by atoms with van der Waals surface area (Å²) in [5, 5.41) is 2.94. The monoisotopic (exact) mass is 276 g/mol. The van der Waals surface area contributed by atoms with E-state index in [4.69, 9.17) is 5.73 Å². The first-order valence-corrected chi connectivity index (χ1v) is 6.76. The molecule has 0 aliphatic heterocycles. The highest BCUT2D eigenvalue weighted by atomic mass is 19.1. The molecule has 0 bridgehead atoms. The fraction of sp³-hybridized carbons (Fsp3) is 0.438. The molecule has 108 valence electrons. The Hall–Kier alpha value is -1.86. The zero-order chi connectivity index (χ0) is 15.2. The lowest BCUT2D eigenvalue weighted by molar-refractivity contribution is 0.0900. The van der Waals surface area contributed by atoms with Crippen molar-refractivity contribution in [3.63, 3.8) is 0 Å². The van der Waals surface area contributed by atoms with Gasteiger partial charge in [0.15, 0.2) is 0 Å². The fourth-order valence-electron chi connectivity index (χ4n) is 1.68. The SMILES string of the molecule is CCC(C)(CC)NC(=O)c1ccc(C#CCN)c(F)c1. The maximum absolute atomic E-state index is 13.8. The van der Waals surface area contributed by atoms with Gasteiger partial charge in [-0.05, 0) is 38.0 Å². The normalized spacial score (nSPS) is 10.7. The largest absolute Gasteiger partial charge is 0.347 e. The van der Waals surface area contributed by atoms with Crippen LogP contribution in [0, 0.1) is 17.7 Å². The average Bonchev–Trinajstić information content (AvgIpc) is 2.45. The minimum absolute atomic E-state index is 0.174. The van der Waals surface area contributed by atoms with Crippen LogP contribution in [0.15, 0.2) is 18.2 Å². The maximum Gasteiger partial charge on any atom is 0.251 e. The van der Waals surface area contributed by atoms with Gasteiger partial charge in [0, 0.05) is 11.1 Å². The molecule has 0 radical (unpaired) electrons. The van der Waals surface area contributed by atoms with Crippen molar-refractivity contribution >= 4 is 5.91 Å². The van der Waals surface area contributed by atoms with Gasteiger partial charge in [-0.1, -0.05) is 25.7 Å². The molecule has 0 unspecified atom stereocenters. The molecule has 1 amide bonds. The molecule has 0 spiro atoms. The number of benzene rings is 1. The van der Waals surface area contributed by atoms with Gasteiger partial charge in [-0.25, -0.2) is 4.39 Å². The number of carbonyl (C=O) groups is 1. The first-order chi connectivity index (χ1) is 9.45. The van der Waals surface area contributed by atoms with E-state index in [0.717, 1.165) is 12.8 Å². The number of hydrogen-bond donors (Lipinski definition) is 2. The van der Waals surface area contributed by atoms with Gasteiger partial charge < -0.3 is 11.1 Å². The highest BCUT2D eigenvalue weighted by Gasteiger charge is 2.22. The van der Waals surface area contributed by atoms with E-state index in [1.54, 1.807) is 6.07 Å². The summed E-state index contributed by atoms with van der Waals surface area (Å²) in [6.45, 7) is 6.17. The predicted octanol–water partition coefficient (Wildman–Crippen LogP) is 2.44. The minimum Gasteiger partial charge on any atom is -0.347 e. The van der Waals surface area contributed by atoms with E-state index in [-0.39, 0.29) is 23.6 Å². The van der Waals surface area contributed by atoms with Crippen LogP contribution in [0.1, 0.15) is 49.5 Å². The lowest BCUT2D eigenvalue weighted by Crippen LogP contribution is -2.44. The molecule has 1 aromatic carbocycles. The highest BCUT2D eigenvalue weighted by Crippen LogP contribution is 2.16. The van der Waals surface area contributed by atoms with Crippen LogP contribution in [-0.4, -0.2) is 18.0 Å². The summed E-state index contributed by atoms with van der Waals surface area (Å²) in [4.78, 5) is 12.1. The van der Waals surface area contributed by atoms with Crippen LogP contribution in [-0.2, 0) is 0 Å². The molecule has 20 heavy (non-hydrogen) atoms. The first kappa shape index (κ1) is 16.2. The van der Waals surface area contributed by atoms with Gasteiger partial charge in [0.1, 0.15) is 5.82 Å². The minimum atomic E-state index is -0.506. The number of rotatable bonds is 4. The third kappa shape index (κ3) is 4.07. The van der Waals surface area contributed by atoms with Crippen LogP contribution < -0.4 is 11.1 Å². The van der Waals surface area contributed by atoms with E-state index in [1.807, 2.05) is 20.8 Å². The first-order valence-electron chi connectivity index (χ1n) is 6.76. The Bertz CT molecular complexity index is 539. The molecule has 0 aliphatic carbocycles. The van der Waals surface area contributed by atoms with Gasteiger partial charge in [-0.15, -0.1) is 0 Å². The number of hydrogen-bond acceptors (Lipinski definition) is 2. The molecule has 0 aromatic heterocycles. The fourth-order valence-corrected chi connectivity index (χ4v) is 1.68. The van der Waals surface area contributed by atoms with Crippen molar-refractivity contribution < 1.29 is 9.18 Å². The summed E-state index contributed by atoms with van der Waals surface area (Å²) in [6.07, 6.45) is 1.63. The Morgan fingerprint density at radius 1 is 1.40 bits per heavy atom. The topological polar surface area (TPSA) is 55.1 Å². The summed E-state index contributed by atoms with van der Waals surface area (Å²) in [6, 6.07) is 4.29. The quantitative estimate of drug-likeness (QED) is 0.830. The summed E-state index contributed by atoms with van der Waals surface area (Å²) in [5.41, 5.74) is 5.52. The molecule has 0 fully saturated rings. The summed E-state index contributed by atoms with van der Waals surface area (Å²) in [5.74, 6) is 4.44. The summed E-state index contributed by atoms with van der Waals surface area (Å²) in [7, 11) is 0. The number of nitrogens with two attached hydrogens (primary N) is 1. The van der Waals surface area contributed by atoms with E-state index < -0.39 is 5.82 Å². The molecule has 0 saturated heterocycles. The van der Waals surface area contributed by atoms with Crippen LogP contribution >= 0.6 is 0 Å². The van der Waals surface area contributed by atoms with Crippen LogP contribution in [0.2, 0.25) is 0 Å². The molecule has 1 aromatic rings. The van der Waals surface area contributed by atoms with Crippen molar-refractivity contribution in [2.45, 2.75) is 39.2 Å². The molecule has 3 nitrogen and oxygen atoms in total. The van der Waals surface area contributed by atoms with Gasteiger partial charge >= 0.3 is 0 Å². The Morgan fingerprint density at radius 3 is 2.55 bits per heavy atom. The third-order valence-electron chi connectivity index (χ3n) is 3.53. The third-order valence-corrected chi connectivity index (χ3v) is 3.53. The van der Waals surface area contributed by atoms with Crippen molar-refractivity contribution in [3.8, 4) is 11.8 Å². The Balaban J connectivity index is 2.93. The van der Waals surface area contributed by atoms with E-state index in [9.17, 15) is 9.18 Å². The Labute approximate surface area is 119 Å². The zero-order valence-electron chi connectivity index (χ0n) is 12.2. The zero-order valence-corrected chi connectivity index (χ0v) is 12.2. The van der Waals surface area contributed by atoms with Gasteiger partial charge in [-0.3, -0.25) is 4.79 Å². The van der Waals surface area contributed by atoms with E-state index in [2.05, 4.69) is 17.2 Å². The molecule has 0 heterocycles. The van der Waals surface area contributed by atoms with Gasteiger partial charge in [0.05, 0.1) is 12.1 Å². The molecular weight excluding hydrogens is 255 g/mol. The second kappa shape index (κ2) is 7.06. The van der Waals surface area contributed by atoms with Gasteiger partial charge in [0.25, 0.3) is 5.91 Å². The van der Waals surface area contributed by atoms with Crippen molar-refractivity contribution in [2.24, 2.45) is 5.73 Å². The predicted molar refractivity (Wildman–Crippen MR) is 78.8 cm³/mol. The number of halogens is 1. The van der Waals surface area contributed by atoms with Crippen LogP contribution in [0.25, 0.3) is 0 Å². The smallest absolute Gasteiger partial charge is 0.251 e. The van der Waals surface area contributed by atoms with Gasteiger partial charge in [0.2, 0.25) is 0 Å². The van der Waals surface area contributed by atoms with E-state index >= 15 is 0 Å². The molecule has 1 rings (SSSR count). The second-order valence-electron chi connectivity index (χ2n) is 4.92. The van der Waals surface area contributed by atoms with E-state index in [1.165, 1.54) is 12.1 Å². The van der Waals surface area contributed by atoms with Crippen LogP contribution in [0.3, 0.4) is 0 Å². The van der Waals surface area contributed by atoms with Gasteiger partial charge in [-0.2, -0.15) is 0 Å². The van der Waals surface area contributed by atoms with Crippen LogP contribution in [0.5, 0.6) is 0 Å². The molecule has 3 N–H and O–H groups in total. The standard InChI is InChI=1S/C16H21FN2O/c1-4-16(3,5-2)19-15(20)13-9-8-12(7-6-10-18)14(17)11-13/h8-9,11H,4-5,10,18H2,1-3H3,(H,19,20). The van der Waals surface area contributed by atoms with Crippen molar-refractivity contribution in [3.05, 3.63) is 35.1 Å². The molecule has 0 aliphatic rings. The maximum atomic E-state index is 13.8. The molecule has 0 atom stereocenters. The Morgan fingerprint density at radius 2 is 2.05 bits per heavy atom. The average molecular weight is 276 g/mol. The highest BCUT2D eigenvalue weighted by molar-refractivity contribution is 5.94. The van der Waals surface area contributed by atoms with Crippen molar-refractivity contribution in [2.75, 3.05) is 6.54 Å². The molecule has 4 heteroatoms. The second-order valence-corrected chi connectivity index (χ2v) is 4.92. The number of carbonyl (C=O) groups excluding carboxylic acids is 1. The lowest BCUT2D eigenvalue weighted by Gasteiger charge is -2.28.